The Morgan fingerprint density at radius 1 is 0.975 bits per heavy atom. The molecular weight excluding hydrogens is 548 g/mol. The van der Waals surface area contributed by atoms with Gasteiger partial charge in [-0.15, -0.1) is 0 Å². The summed E-state index contributed by atoms with van der Waals surface area (Å²) in [7, 11) is -1.43. The second kappa shape index (κ2) is 10.8. The summed E-state index contributed by atoms with van der Waals surface area (Å²) >= 11 is 6.10. The van der Waals surface area contributed by atoms with Crippen LogP contribution in [0, 0.1) is 13.8 Å². The molecule has 204 valence electrons. The van der Waals surface area contributed by atoms with Gasteiger partial charge in [-0.1, -0.05) is 35.9 Å². The third kappa shape index (κ3) is 4.96. The van der Waals surface area contributed by atoms with E-state index in [1.54, 1.807) is 47.0 Å². The van der Waals surface area contributed by atoms with E-state index in [0.717, 1.165) is 22.3 Å². The number of hydrogen-bond acceptors (Lipinski definition) is 4. The lowest BCUT2D eigenvalue weighted by Gasteiger charge is -2.35. The predicted molar refractivity (Wildman–Crippen MR) is 159 cm³/mol. The SMILES string of the molecule is Cc1c(-c2ccc(Cl)cc2O)c(CC(=O)O)c(C)c2c1-c1ccc(NC(=O)c3ccccc3)cc1CN2S(C)=O. The molecule has 7 nitrogen and oxygen atoms in total. The number of nitrogens with zero attached hydrogens (tertiary/aromatic N) is 1. The highest BCUT2D eigenvalue weighted by Gasteiger charge is 2.32. The Hall–Kier alpha value is -4.14. The first kappa shape index (κ1) is 27.4. The number of phenolic OH excluding ortho intramolecular Hbond substituents is 1. The summed E-state index contributed by atoms with van der Waals surface area (Å²) < 4.78 is 14.8. The second-order valence-corrected chi connectivity index (χ2v) is 11.4. The number of rotatable bonds is 6. The fourth-order valence-electron chi connectivity index (χ4n) is 5.43. The van der Waals surface area contributed by atoms with Crippen LogP contribution in [-0.4, -0.2) is 32.6 Å². The Morgan fingerprint density at radius 3 is 2.33 bits per heavy atom. The van der Waals surface area contributed by atoms with Crippen LogP contribution in [0.1, 0.15) is 32.6 Å². The van der Waals surface area contributed by atoms with E-state index in [1.807, 2.05) is 38.1 Å². The van der Waals surface area contributed by atoms with Crippen LogP contribution >= 0.6 is 11.6 Å². The average Bonchev–Trinajstić information content (AvgIpc) is 2.91. The van der Waals surface area contributed by atoms with Crippen molar-refractivity contribution in [2.75, 3.05) is 15.9 Å². The fourth-order valence-corrected chi connectivity index (χ4v) is 6.41. The predicted octanol–water partition coefficient (Wildman–Crippen LogP) is 6.49. The van der Waals surface area contributed by atoms with E-state index in [-0.39, 0.29) is 18.1 Å². The minimum absolute atomic E-state index is 0.0625. The minimum Gasteiger partial charge on any atom is -0.507 e. The molecule has 0 spiro atoms. The third-order valence-corrected chi connectivity index (χ3v) is 8.36. The number of aromatic hydroxyl groups is 1. The lowest BCUT2D eigenvalue weighted by Crippen LogP contribution is -2.30. The first-order chi connectivity index (χ1) is 19.1. The van der Waals surface area contributed by atoms with Gasteiger partial charge < -0.3 is 15.5 Å². The van der Waals surface area contributed by atoms with Crippen LogP contribution in [-0.2, 0) is 28.7 Å². The summed E-state index contributed by atoms with van der Waals surface area (Å²) in [5, 5.41) is 23.9. The molecule has 1 aliphatic heterocycles. The van der Waals surface area contributed by atoms with Gasteiger partial charge in [0.15, 0.2) is 0 Å². The van der Waals surface area contributed by atoms with Crippen LogP contribution in [0.3, 0.4) is 0 Å². The summed E-state index contributed by atoms with van der Waals surface area (Å²) in [4.78, 5) is 24.8. The van der Waals surface area contributed by atoms with Gasteiger partial charge in [0.05, 0.1) is 18.7 Å². The van der Waals surface area contributed by atoms with Crippen LogP contribution in [0.4, 0.5) is 11.4 Å². The van der Waals surface area contributed by atoms with Crippen LogP contribution < -0.4 is 9.62 Å². The molecule has 1 heterocycles. The molecule has 1 aliphatic rings. The number of benzene rings is 4. The lowest BCUT2D eigenvalue weighted by atomic mass is 9.80. The Labute approximate surface area is 239 Å². The number of nitrogens with one attached hydrogen (secondary N) is 1. The topological polar surface area (TPSA) is 107 Å². The minimum atomic E-state index is -1.43. The van der Waals surface area contributed by atoms with E-state index in [1.165, 1.54) is 6.07 Å². The van der Waals surface area contributed by atoms with Crippen molar-refractivity contribution < 1.29 is 24.0 Å². The maximum absolute atomic E-state index is 13.1. The molecule has 0 aromatic heterocycles. The molecular formula is C31H27ClN2O5S. The molecule has 1 atom stereocenters. The molecule has 4 aromatic rings. The Kier molecular flexibility index (Phi) is 7.40. The van der Waals surface area contributed by atoms with Gasteiger partial charge in [0.1, 0.15) is 16.7 Å². The van der Waals surface area contributed by atoms with Crippen molar-refractivity contribution in [3.05, 3.63) is 99.6 Å². The molecule has 3 N–H and O–H groups in total. The largest absolute Gasteiger partial charge is 0.507 e. The van der Waals surface area contributed by atoms with Crippen molar-refractivity contribution in [1.82, 2.24) is 0 Å². The van der Waals surface area contributed by atoms with Crippen LogP contribution in [0.15, 0.2) is 66.7 Å². The van der Waals surface area contributed by atoms with Crippen molar-refractivity contribution in [3.63, 3.8) is 0 Å². The summed E-state index contributed by atoms with van der Waals surface area (Å²) in [5.41, 5.74) is 7.38. The second-order valence-electron chi connectivity index (χ2n) is 9.71. The molecule has 1 amide bonds. The fraction of sp³-hybridized carbons (Fsp3) is 0.161. The number of amides is 1. The number of anilines is 2. The molecule has 0 saturated carbocycles. The van der Waals surface area contributed by atoms with Gasteiger partial charge in [-0.05, 0) is 89.7 Å². The zero-order valence-corrected chi connectivity index (χ0v) is 23.7. The Bertz CT molecular complexity index is 1700. The standard InChI is InChI=1S/C31H27ClN2O5S/c1-17-25(15-27(36)37)28(24-11-9-21(32)14-26(24)35)18(2)29-23-12-10-22(33-31(38)19-7-5-4-6-8-19)13-20(23)16-34(30(17)29)40(3)39/h4-14,35H,15-16H2,1-3H3,(H,33,38)(H,36,37). The number of carboxylic acids is 1. The quantitative estimate of drug-likeness (QED) is 0.244. The number of fused-ring (bicyclic) bond motifs is 3. The average molecular weight is 575 g/mol. The number of phenols is 1. The Morgan fingerprint density at radius 2 is 1.68 bits per heavy atom. The van der Waals surface area contributed by atoms with Gasteiger partial charge in [-0.2, -0.15) is 0 Å². The summed E-state index contributed by atoms with van der Waals surface area (Å²) in [6.45, 7) is 4.01. The van der Waals surface area contributed by atoms with Crippen molar-refractivity contribution in [1.29, 1.82) is 0 Å². The summed E-state index contributed by atoms with van der Waals surface area (Å²) in [5.74, 6) is -1.32. The molecule has 1 unspecified atom stereocenters. The molecule has 40 heavy (non-hydrogen) atoms. The number of carbonyl (C=O) groups is 2. The molecule has 0 bridgehead atoms. The van der Waals surface area contributed by atoms with Gasteiger partial charge in [0.2, 0.25) is 0 Å². The molecule has 4 aromatic carbocycles. The zero-order chi connectivity index (χ0) is 28.7. The lowest BCUT2D eigenvalue weighted by molar-refractivity contribution is -0.136. The molecule has 0 saturated heterocycles. The van der Waals surface area contributed by atoms with Gasteiger partial charge in [-0.25, -0.2) is 4.21 Å². The van der Waals surface area contributed by atoms with E-state index in [9.17, 15) is 24.0 Å². The smallest absolute Gasteiger partial charge is 0.307 e. The van der Waals surface area contributed by atoms with E-state index in [0.29, 0.717) is 50.8 Å². The molecule has 0 fully saturated rings. The molecule has 0 aliphatic carbocycles. The zero-order valence-electron chi connectivity index (χ0n) is 22.1. The van der Waals surface area contributed by atoms with Gasteiger partial charge in [-0.3, -0.25) is 13.9 Å². The van der Waals surface area contributed by atoms with Gasteiger partial charge in [0, 0.05) is 33.7 Å². The van der Waals surface area contributed by atoms with Gasteiger partial charge in [0.25, 0.3) is 5.91 Å². The first-order valence-corrected chi connectivity index (χ1v) is 14.4. The molecule has 5 rings (SSSR count). The molecule has 0 radical (unpaired) electrons. The van der Waals surface area contributed by atoms with Crippen molar-refractivity contribution in [2.24, 2.45) is 0 Å². The number of halogens is 1. The van der Waals surface area contributed by atoms with E-state index >= 15 is 0 Å². The highest BCUT2D eigenvalue weighted by Crippen LogP contribution is 2.50. The van der Waals surface area contributed by atoms with Gasteiger partial charge >= 0.3 is 5.97 Å². The summed E-state index contributed by atoms with van der Waals surface area (Å²) in [6.07, 6.45) is 1.30. The number of carbonyl (C=O) groups excluding carboxylic acids is 1. The van der Waals surface area contributed by atoms with E-state index in [2.05, 4.69) is 5.32 Å². The van der Waals surface area contributed by atoms with Crippen molar-refractivity contribution >= 4 is 45.8 Å². The molecule has 9 heteroatoms. The maximum atomic E-state index is 13.1. The number of carboxylic acid groups (broad SMARTS) is 1. The van der Waals surface area contributed by atoms with Crippen molar-refractivity contribution in [2.45, 2.75) is 26.8 Å². The highest BCUT2D eigenvalue weighted by molar-refractivity contribution is 7.85. The normalized spacial score (nSPS) is 12.8. The van der Waals surface area contributed by atoms with Crippen LogP contribution in [0.25, 0.3) is 22.3 Å². The van der Waals surface area contributed by atoms with Crippen LogP contribution in [0.5, 0.6) is 5.75 Å². The highest BCUT2D eigenvalue weighted by atomic mass is 35.5. The van der Waals surface area contributed by atoms with E-state index < -0.39 is 17.0 Å². The Balaban J connectivity index is 1.73. The van der Waals surface area contributed by atoms with Crippen molar-refractivity contribution in [3.8, 4) is 28.0 Å². The van der Waals surface area contributed by atoms with E-state index in [4.69, 9.17) is 11.6 Å². The monoisotopic (exact) mass is 574 g/mol. The maximum Gasteiger partial charge on any atom is 0.307 e. The first-order valence-electron chi connectivity index (χ1n) is 12.5. The third-order valence-electron chi connectivity index (χ3n) is 7.20. The summed E-state index contributed by atoms with van der Waals surface area (Å²) in [6, 6.07) is 19.3. The number of aliphatic carboxylic acids is 1. The van der Waals surface area contributed by atoms with Crippen LogP contribution in [0.2, 0.25) is 5.02 Å². The number of hydrogen-bond donors (Lipinski definition) is 3.